The van der Waals surface area contributed by atoms with Crippen molar-refractivity contribution in [1.29, 1.82) is 0 Å². The lowest BCUT2D eigenvalue weighted by molar-refractivity contribution is 0.0315. The fourth-order valence-electron chi connectivity index (χ4n) is 4.47. The molecular weight excluding hydrogens is 316 g/mol. The smallest absolute Gasteiger partial charge is 0.117 e. The molecule has 1 N–H and O–H groups in total. The molecule has 1 aliphatic rings. The summed E-state index contributed by atoms with van der Waals surface area (Å²) in [4.78, 5) is 0. The van der Waals surface area contributed by atoms with Gasteiger partial charge < -0.3 is 5.11 Å². The number of benzene rings is 2. The maximum Gasteiger partial charge on any atom is 0.117 e. The van der Waals surface area contributed by atoms with E-state index < -0.39 is 5.60 Å². The van der Waals surface area contributed by atoms with Gasteiger partial charge in [-0.1, -0.05) is 89.6 Å². The van der Waals surface area contributed by atoms with E-state index in [-0.39, 0.29) is 16.7 Å². The van der Waals surface area contributed by atoms with Crippen LogP contribution in [-0.4, -0.2) is 5.11 Å². The third kappa shape index (κ3) is 3.01. The van der Waals surface area contributed by atoms with Gasteiger partial charge in [-0.3, -0.25) is 0 Å². The summed E-state index contributed by atoms with van der Waals surface area (Å²) in [6.45, 7) is 15.7. The SMILES string of the molecule is Cc1ccc(C(O)(c2ccc3c(c2)C(C)(C)CCC3(C)C)C(C)C)cc1. The number of hydrogen-bond donors (Lipinski definition) is 1. The molecule has 2 aromatic rings. The molecule has 3 rings (SSSR count). The van der Waals surface area contributed by atoms with Crippen LogP contribution < -0.4 is 0 Å². The van der Waals surface area contributed by atoms with E-state index in [0.717, 1.165) is 11.1 Å². The second kappa shape index (κ2) is 6.23. The van der Waals surface area contributed by atoms with Crippen LogP contribution in [0.25, 0.3) is 0 Å². The highest BCUT2D eigenvalue weighted by Crippen LogP contribution is 2.48. The Hall–Kier alpha value is -1.60. The highest BCUT2D eigenvalue weighted by molar-refractivity contribution is 5.48. The Morgan fingerprint density at radius 2 is 1.31 bits per heavy atom. The lowest BCUT2D eigenvalue weighted by Crippen LogP contribution is -2.37. The van der Waals surface area contributed by atoms with Crippen molar-refractivity contribution in [2.75, 3.05) is 0 Å². The van der Waals surface area contributed by atoms with Crippen LogP contribution >= 0.6 is 0 Å². The van der Waals surface area contributed by atoms with Crippen LogP contribution in [0, 0.1) is 12.8 Å². The van der Waals surface area contributed by atoms with Crippen LogP contribution in [0.1, 0.15) is 82.2 Å². The minimum absolute atomic E-state index is 0.0861. The van der Waals surface area contributed by atoms with Crippen LogP contribution in [-0.2, 0) is 16.4 Å². The normalized spacial score (nSPS) is 20.5. The van der Waals surface area contributed by atoms with E-state index >= 15 is 0 Å². The molecule has 0 aliphatic heterocycles. The molecule has 140 valence electrons. The van der Waals surface area contributed by atoms with E-state index in [1.165, 1.54) is 29.5 Å². The molecular formula is C25H34O. The van der Waals surface area contributed by atoms with E-state index in [2.05, 4.69) is 90.9 Å². The quantitative estimate of drug-likeness (QED) is 0.695. The summed E-state index contributed by atoms with van der Waals surface area (Å²) in [7, 11) is 0. The summed E-state index contributed by atoms with van der Waals surface area (Å²) in [6, 6.07) is 15.0. The van der Waals surface area contributed by atoms with Crippen LogP contribution in [0.4, 0.5) is 0 Å². The van der Waals surface area contributed by atoms with Gasteiger partial charge in [0, 0.05) is 0 Å². The van der Waals surface area contributed by atoms with Gasteiger partial charge in [0.15, 0.2) is 0 Å². The van der Waals surface area contributed by atoms with Crippen molar-refractivity contribution in [1.82, 2.24) is 0 Å². The zero-order valence-corrected chi connectivity index (χ0v) is 17.5. The lowest BCUT2D eigenvalue weighted by atomic mass is 9.62. The summed E-state index contributed by atoms with van der Waals surface area (Å²) in [5.74, 6) is 0.0861. The van der Waals surface area contributed by atoms with Crippen molar-refractivity contribution < 1.29 is 5.11 Å². The molecule has 0 spiro atoms. The van der Waals surface area contributed by atoms with Crippen molar-refractivity contribution in [3.8, 4) is 0 Å². The van der Waals surface area contributed by atoms with Gasteiger partial charge in [0.25, 0.3) is 0 Å². The first-order chi connectivity index (χ1) is 12.0. The monoisotopic (exact) mass is 350 g/mol. The minimum Gasteiger partial charge on any atom is -0.380 e. The Bertz CT molecular complexity index is 795. The van der Waals surface area contributed by atoms with Gasteiger partial charge in [0.2, 0.25) is 0 Å². The Labute approximate surface area is 159 Å². The molecule has 1 unspecified atom stereocenters. The lowest BCUT2D eigenvalue weighted by Gasteiger charge is -2.43. The highest BCUT2D eigenvalue weighted by atomic mass is 16.3. The average Bonchev–Trinajstić information content (AvgIpc) is 2.58. The van der Waals surface area contributed by atoms with Gasteiger partial charge in [-0.15, -0.1) is 0 Å². The summed E-state index contributed by atoms with van der Waals surface area (Å²) in [5, 5.41) is 11.8. The molecule has 1 aliphatic carbocycles. The molecule has 0 bridgehead atoms. The van der Waals surface area contributed by atoms with E-state index in [1.807, 2.05) is 0 Å². The zero-order valence-electron chi connectivity index (χ0n) is 17.5. The van der Waals surface area contributed by atoms with Crippen molar-refractivity contribution in [2.24, 2.45) is 5.92 Å². The second-order valence-corrected chi connectivity index (χ2v) is 9.82. The van der Waals surface area contributed by atoms with E-state index in [9.17, 15) is 5.11 Å². The maximum absolute atomic E-state index is 11.8. The minimum atomic E-state index is -0.972. The van der Waals surface area contributed by atoms with Gasteiger partial charge in [0.05, 0.1) is 0 Å². The number of hydrogen-bond acceptors (Lipinski definition) is 1. The molecule has 0 saturated carbocycles. The summed E-state index contributed by atoms with van der Waals surface area (Å²) < 4.78 is 0. The Morgan fingerprint density at radius 3 is 1.85 bits per heavy atom. The van der Waals surface area contributed by atoms with Crippen LogP contribution in [0.3, 0.4) is 0 Å². The standard InChI is InChI=1S/C25H34O/c1-17(2)25(26,19-10-8-18(3)9-11-19)20-12-13-21-22(16-20)24(6,7)15-14-23(21,4)5/h8-13,16-17,26H,14-15H2,1-7H3. The third-order valence-electron chi connectivity index (χ3n) is 6.62. The molecule has 0 saturated heterocycles. The van der Waals surface area contributed by atoms with Crippen molar-refractivity contribution in [3.05, 3.63) is 70.3 Å². The van der Waals surface area contributed by atoms with Crippen LogP contribution in [0.5, 0.6) is 0 Å². The molecule has 2 aromatic carbocycles. The molecule has 0 aromatic heterocycles. The summed E-state index contributed by atoms with van der Waals surface area (Å²) >= 11 is 0. The van der Waals surface area contributed by atoms with Gasteiger partial charge in [-0.25, -0.2) is 0 Å². The number of rotatable bonds is 3. The topological polar surface area (TPSA) is 20.2 Å². The fourth-order valence-corrected chi connectivity index (χ4v) is 4.47. The van der Waals surface area contributed by atoms with Gasteiger partial charge in [-0.2, -0.15) is 0 Å². The van der Waals surface area contributed by atoms with E-state index in [4.69, 9.17) is 0 Å². The summed E-state index contributed by atoms with van der Waals surface area (Å²) in [5.41, 5.74) is 5.42. The molecule has 0 fully saturated rings. The van der Waals surface area contributed by atoms with Gasteiger partial charge in [-0.05, 0) is 58.8 Å². The molecule has 0 heterocycles. The third-order valence-corrected chi connectivity index (χ3v) is 6.62. The average molecular weight is 351 g/mol. The molecule has 1 nitrogen and oxygen atoms in total. The maximum atomic E-state index is 11.8. The molecule has 1 atom stereocenters. The first-order valence-corrected chi connectivity index (χ1v) is 9.93. The predicted molar refractivity (Wildman–Crippen MR) is 111 cm³/mol. The van der Waals surface area contributed by atoms with Gasteiger partial charge >= 0.3 is 0 Å². The highest BCUT2D eigenvalue weighted by Gasteiger charge is 2.40. The Balaban J connectivity index is 2.20. The predicted octanol–water partition coefficient (Wildman–Crippen LogP) is 6.24. The zero-order chi connectivity index (χ0) is 19.3. The van der Waals surface area contributed by atoms with E-state index in [0.29, 0.717) is 0 Å². The second-order valence-electron chi connectivity index (χ2n) is 9.82. The summed E-state index contributed by atoms with van der Waals surface area (Å²) in [6.07, 6.45) is 2.39. The fraction of sp³-hybridized carbons (Fsp3) is 0.520. The van der Waals surface area contributed by atoms with Crippen molar-refractivity contribution >= 4 is 0 Å². The molecule has 0 amide bonds. The molecule has 0 radical (unpaired) electrons. The Kier molecular flexibility index (Phi) is 4.60. The van der Waals surface area contributed by atoms with Gasteiger partial charge in [0.1, 0.15) is 5.60 Å². The Morgan fingerprint density at radius 1 is 0.808 bits per heavy atom. The first-order valence-electron chi connectivity index (χ1n) is 9.93. The molecule has 26 heavy (non-hydrogen) atoms. The van der Waals surface area contributed by atoms with Crippen LogP contribution in [0.15, 0.2) is 42.5 Å². The number of fused-ring (bicyclic) bond motifs is 1. The molecule has 1 heteroatoms. The van der Waals surface area contributed by atoms with E-state index in [1.54, 1.807) is 0 Å². The number of aryl methyl sites for hydroxylation is 1. The largest absolute Gasteiger partial charge is 0.380 e. The first kappa shape index (κ1) is 19.2. The van der Waals surface area contributed by atoms with Crippen molar-refractivity contribution in [2.45, 2.75) is 77.7 Å². The number of aliphatic hydroxyl groups is 1. The van der Waals surface area contributed by atoms with Crippen LogP contribution in [0.2, 0.25) is 0 Å². The van der Waals surface area contributed by atoms with Crippen molar-refractivity contribution in [3.63, 3.8) is 0 Å².